The molecule has 0 saturated heterocycles. The third-order valence-corrected chi connectivity index (χ3v) is 6.89. The molecule has 168 valence electrons. The van der Waals surface area contributed by atoms with Gasteiger partial charge in [-0.3, -0.25) is 0 Å². The normalized spacial score (nSPS) is 19.1. The fraction of sp³-hybridized carbons (Fsp3) is 0.400. The number of rotatable bonds is 4. The van der Waals surface area contributed by atoms with Crippen LogP contribution in [0.25, 0.3) is 27.3 Å². The van der Waals surface area contributed by atoms with E-state index in [4.69, 9.17) is 26.1 Å². The molecule has 1 aliphatic rings. The number of hydrogen-bond acceptors (Lipinski definition) is 5. The highest BCUT2D eigenvalue weighted by Crippen LogP contribution is 2.39. The molecule has 0 fully saturated rings. The SMILES string of the molecule is CCC1(O)CCOCc2cn3cc4c(CN(C)C)c5cc(OC)c(Cl)cc5nc4c3cc21. The Balaban J connectivity index is 1.87. The van der Waals surface area contributed by atoms with E-state index in [1.165, 1.54) is 5.56 Å². The maximum Gasteiger partial charge on any atom is 0.138 e. The fourth-order valence-corrected chi connectivity index (χ4v) is 5.08. The molecule has 1 unspecified atom stereocenters. The second-order valence-electron chi connectivity index (χ2n) is 8.92. The number of ether oxygens (including phenoxy) is 2. The Bertz CT molecular complexity index is 1350. The molecule has 1 aliphatic heterocycles. The zero-order valence-corrected chi connectivity index (χ0v) is 19.7. The van der Waals surface area contributed by atoms with Gasteiger partial charge in [-0.05, 0) is 49.8 Å². The molecule has 0 bridgehead atoms. The lowest BCUT2D eigenvalue weighted by Gasteiger charge is -2.27. The van der Waals surface area contributed by atoms with Crippen LogP contribution in [0.4, 0.5) is 0 Å². The summed E-state index contributed by atoms with van der Waals surface area (Å²) in [6.07, 6.45) is 5.43. The van der Waals surface area contributed by atoms with Gasteiger partial charge in [-0.15, -0.1) is 0 Å². The van der Waals surface area contributed by atoms with E-state index in [0.717, 1.165) is 45.0 Å². The van der Waals surface area contributed by atoms with Gasteiger partial charge in [-0.2, -0.15) is 0 Å². The highest BCUT2D eigenvalue weighted by molar-refractivity contribution is 6.33. The third kappa shape index (κ3) is 3.33. The van der Waals surface area contributed by atoms with Crippen LogP contribution in [0, 0.1) is 0 Å². The summed E-state index contributed by atoms with van der Waals surface area (Å²) in [4.78, 5) is 7.17. The number of aromatic nitrogens is 2. The number of methoxy groups -OCH3 is 1. The maximum absolute atomic E-state index is 11.4. The summed E-state index contributed by atoms with van der Waals surface area (Å²) in [5.74, 6) is 0.640. The van der Waals surface area contributed by atoms with Gasteiger partial charge in [-0.25, -0.2) is 4.98 Å². The van der Waals surface area contributed by atoms with Crippen LogP contribution in [-0.2, 0) is 23.5 Å². The van der Waals surface area contributed by atoms with E-state index in [1.807, 2.05) is 19.1 Å². The summed E-state index contributed by atoms with van der Waals surface area (Å²) in [6.45, 7) is 3.81. The van der Waals surface area contributed by atoms with Crippen LogP contribution in [0.15, 0.2) is 30.6 Å². The number of benzene rings is 1. The highest BCUT2D eigenvalue weighted by atomic mass is 35.5. The van der Waals surface area contributed by atoms with Gasteiger partial charge in [0.2, 0.25) is 0 Å². The molecule has 4 aromatic rings. The second-order valence-corrected chi connectivity index (χ2v) is 9.32. The minimum atomic E-state index is -0.899. The van der Waals surface area contributed by atoms with Crippen molar-refractivity contribution in [1.29, 1.82) is 0 Å². The molecule has 0 aliphatic carbocycles. The van der Waals surface area contributed by atoms with Crippen LogP contribution >= 0.6 is 11.6 Å². The summed E-state index contributed by atoms with van der Waals surface area (Å²) in [5.41, 5.74) is 4.94. The lowest BCUT2D eigenvalue weighted by molar-refractivity contribution is 0.00232. The molecule has 6 nitrogen and oxygen atoms in total. The fourth-order valence-electron chi connectivity index (χ4n) is 4.84. The highest BCUT2D eigenvalue weighted by Gasteiger charge is 2.32. The Labute approximate surface area is 192 Å². The van der Waals surface area contributed by atoms with E-state index in [9.17, 15) is 5.11 Å². The van der Waals surface area contributed by atoms with E-state index in [0.29, 0.717) is 36.8 Å². The predicted octanol–water partition coefficient (Wildman–Crippen LogP) is 4.88. The zero-order valence-electron chi connectivity index (χ0n) is 18.9. The number of fused-ring (bicyclic) bond motifs is 5. The molecule has 0 amide bonds. The molecule has 32 heavy (non-hydrogen) atoms. The van der Waals surface area contributed by atoms with E-state index in [2.05, 4.69) is 41.9 Å². The van der Waals surface area contributed by atoms with E-state index >= 15 is 0 Å². The molecule has 4 heterocycles. The zero-order chi connectivity index (χ0) is 22.6. The van der Waals surface area contributed by atoms with Gasteiger partial charge in [0, 0.05) is 41.7 Å². The smallest absolute Gasteiger partial charge is 0.138 e. The minimum absolute atomic E-state index is 0.495. The van der Waals surface area contributed by atoms with Crippen LogP contribution in [0.5, 0.6) is 5.75 Å². The molecule has 1 aromatic carbocycles. The summed E-state index contributed by atoms with van der Waals surface area (Å²) in [6, 6.07) is 5.95. The van der Waals surface area contributed by atoms with Gasteiger partial charge in [0.15, 0.2) is 0 Å². The van der Waals surface area contributed by atoms with Crippen molar-refractivity contribution in [3.05, 3.63) is 52.3 Å². The first kappa shape index (κ1) is 21.5. The van der Waals surface area contributed by atoms with Gasteiger partial charge in [-0.1, -0.05) is 18.5 Å². The standard InChI is InChI=1S/C25H28ClN3O3/c1-5-25(30)6-7-32-14-15-11-29-13-18-17(12-28(2)3)16-8-23(31-4)20(26)10-21(16)27-24(18)22(29)9-19(15)25/h8-11,13,30H,5-7,12,14H2,1-4H3. The second kappa shape index (κ2) is 7.89. The first-order valence-electron chi connectivity index (χ1n) is 10.9. The van der Waals surface area contributed by atoms with Crippen LogP contribution in [0.2, 0.25) is 5.02 Å². The molecule has 1 N–H and O–H groups in total. The topological polar surface area (TPSA) is 59.2 Å². The van der Waals surface area contributed by atoms with E-state index < -0.39 is 5.60 Å². The molecule has 3 aromatic heterocycles. The molecular formula is C25H28ClN3O3. The van der Waals surface area contributed by atoms with Gasteiger partial charge < -0.3 is 23.9 Å². The van der Waals surface area contributed by atoms with Gasteiger partial charge in [0.05, 0.1) is 47.5 Å². The van der Waals surface area contributed by atoms with Crippen LogP contribution in [0.1, 0.15) is 36.5 Å². The minimum Gasteiger partial charge on any atom is -0.495 e. The van der Waals surface area contributed by atoms with Gasteiger partial charge >= 0.3 is 0 Å². The average molecular weight is 454 g/mol. The number of nitrogens with zero attached hydrogens (tertiary/aromatic N) is 3. The Morgan fingerprint density at radius 2 is 2.06 bits per heavy atom. The van der Waals surface area contributed by atoms with Crippen molar-refractivity contribution in [2.45, 2.75) is 38.5 Å². The lowest BCUT2D eigenvalue weighted by atomic mass is 9.86. The Hall–Kier alpha value is -2.38. The maximum atomic E-state index is 11.4. The van der Waals surface area contributed by atoms with Crippen molar-refractivity contribution in [2.24, 2.45) is 0 Å². The van der Waals surface area contributed by atoms with Crippen LogP contribution < -0.4 is 4.74 Å². The first-order chi connectivity index (χ1) is 15.3. The van der Waals surface area contributed by atoms with E-state index in [1.54, 1.807) is 7.11 Å². The molecule has 0 saturated carbocycles. The molecule has 1 atom stereocenters. The Morgan fingerprint density at radius 1 is 1.25 bits per heavy atom. The largest absolute Gasteiger partial charge is 0.495 e. The Morgan fingerprint density at radius 3 is 2.78 bits per heavy atom. The van der Waals surface area contributed by atoms with Crippen LogP contribution in [0.3, 0.4) is 0 Å². The molecule has 0 spiro atoms. The van der Waals surface area contributed by atoms with Crippen molar-refractivity contribution >= 4 is 38.9 Å². The summed E-state index contributed by atoms with van der Waals surface area (Å²) in [5, 5.41) is 14.0. The number of aliphatic hydroxyl groups is 1. The number of hydrogen-bond donors (Lipinski definition) is 1. The summed E-state index contributed by atoms with van der Waals surface area (Å²) >= 11 is 6.45. The van der Waals surface area contributed by atoms with Crippen molar-refractivity contribution in [2.75, 3.05) is 27.8 Å². The van der Waals surface area contributed by atoms with Crippen molar-refractivity contribution < 1.29 is 14.6 Å². The lowest BCUT2D eigenvalue weighted by Crippen LogP contribution is -2.26. The van der Waals surface area contributed by atoms with Crippen molar-refractivity contribution in [3.8, 4) is 5.75 Å². The predicted molar refractivity (Wildman–Crippen MR) is 128 cm³/mol. The molecular weight excluding hydrogens is 426 g/mol. The number of pyridine rings is 2. The van der Waals surface area contributed by atoms with Crippen molar-refractivity contribution in [1.82, 2.24) is 14.3 Å². The molecule has 5 rings (SSSR count). The molecule has 7 heteroatoms. The summed E-state index contributed by atoms with van der Waals surface area (Å²) in [7, 11) is 5.74. The monoisotopic (exact) mass is 453 g/mol. The van der Waals surface area contributed by atoms with Crippen LogP contribution in [-0.4, -0.2) is 47.2 Å². The quantitative estimate of drug-likeness (QED) is 0.477. The number of halogens is 1. The van der Waals surface area contributed by atoms with Crippen molar-refractivity contribution in [3.63, 3.8) is 0 Å². The molecule has 0 radical (unpaired) electrons. The van der Waals surface area contributed by atoms with Gasteiger partial charge in [0.1, 0.15) is 5.75 Å². The first-order valence-corrected chi connectivity index (χ1v) is 11.3. The Kier molecular flexibility index (Phi) is 5.29. The average Bonchev–Trinajstić information content (AvgIpc) is 3.03. The third-order valence-electron chi connectivity index (χ3n) is 6.60. The summed E-state index contributed by atoms with van der Waals surface area (Å²) < 4.78 is 13.4. The van der Waals surface area contributed by atoms with Gasteiger partial charge in [0.25, 0.3) is 0 Å². The van der Waals surface area contributed by atoms with E-state index in [-0.39, 0.29) is 0 Å².